The Balaban J connectivity index is 0.000000167. The number of piperidine rings is 2. The first-order valence-corrected chi connectivity index (χ1v) is 21.7. The highest BCUT2D eigenvalue weighted by atomic mass is 35.5. The average molecular weight is 838 g/mol. The lowest BCUT2D eigenvalue weighted by Gasteiger charge is -2.38. The zero-order chi connectivity index (χ0) is 42.3. The van der Waals surface area contributed by atoms with Crippen molar-refractivity contribution in [3.63, 3.8) is 0 Å². The maximum atomic E-state index is 14.7. The molecule has 4 amide bonds. The van der Waals surface area contributed by atoms with Crippen molar-refractivity contribution in [3.8, 4) is 5.69 Å². The molecule has 1 atom stereocenters. The van der Waals surface area contributed by atoms with Crippen molar-refractivity contribution in [1.82, 2.24) is 30.0 Å². The van der Waals surface area contributed by atoms with Gasteiger partial charge >= 0.3 is 0 Å². The Morgan fingerprint density at radius 2 is 1.62 bits per heavy atom. The normalized spacial score (nSPS) is 20.9. The van der Waals surface area contributed by atoms with E-state index in [1.54, 1.807) is 12.1 Å². The molecule has 0 radical (unpaired) electrons. The van der Waals surface area contributed by atoms with Crippen LogP contribution in [0.3, 0.4) is 0 Å². The van der Waals surface area contributed by atoms with Gasteiger partial charge in [-0.05, 0) is 120 Å². The number of amides is 4. The van der Waals surface area contributed by atoms with Gasteiger partial charge in [0, 0.05) is 44.2 Å². The minimum atomic E-state index is -0.853. The lowest BCUT2D eigenvalue weighted by molar-refractivity contribution is -0.137. The highest BCUT2D eigenvalue weighted by Gasteiger charge is 2.39. The number of fused-ring (bicyclic) bond motifs is 5. The van der Waals surface area contributed by atoms with Gasteiger partial charge in [0.2, 0.25) is 17.7 Å². The Bertz CT molecular complexity index is 2400. The van der Waals surface area contributed by atoms with E-state index in [1.807, 2.05) is 21.9 Å². The number of hydrogen-bond donors (Lipinski definition) is 2. The van der Waals surface area contributed by atoms with Crippen LogP contribution in [0.2, 0.25) is 5.02 Å². The number of likely N-dealkylation sites (tertiary alicyclic amines) is 1. The van der Waals surface area contributed by atoms with E-state index in [9.17, 15) is 28.4 Å². The van der Waals surface area contributed by atoms with E-state index >= 15 is 0 Å². The molecule has 4 aromatic rings. The van der Waals surface area contributed by atoms with Gasteiger partial charge in [-0.25, -0.2) is 4.39 Å². The fraction of sp³-hybridized carbons (Fsp3) is 0.478. The fourth-order valence-corrected chi connectivity index (χ4v) is 9.86. The number of halogens is 2. The summed E-state index contributed by atoms with van der Waals surface area (Å²) in [5, 5.41) is 5.62. The van der Waals surface area contributed by atoms with E-state index in [-0.39, 0.29) is 47.1 Å². The smallest absolute Gasteiger partial charge is 0.282 e. The number of hydrogen-bond acceptors (Lipinski definition) is 8. The highest BCUT2D eigenvalue weighted by Crippen LogP contribution is 2.44. The number of nitrogens with one attached hydrogen (secondary N) is 2. The first kappa shape index (κ1) is 41.6. The Morgan fingerprint density at radius 3 is 2.32 bits per heavy atom. The van der Waals surface area contributed by atoms with Crippen molar-refractivity contribution >= 4 is 51.8 Å². The third kappa shape index (κ3) is 8.18. The molecule has 3 saturated heterocycles. The fourth-order valence-electron chi connectivity index (χ4n) is 9.61. The van der Waals surface area contributed by atoms with Crippen molar-refractivity contribution < 1.29 is 23.6 Å². The molecule has 1 saturated carbocycles. The van der Waals surface area contributed by atoms with Crippen molar-refractivity contribution in [3.05, 3.63) is 98.3 Å². The second kappa shape index (κ2) is 17.1. The molecule has 1 unspecified atom stereocenters. The van der Waals surface area contributed by atoms with Gasteiger partial charge in [-0.1, -0.05) is 49.1 Å². The molecule has 4 aliphatic heterocycles. The molecular weight excluding hydrogens is 785 g/mol. The van der Waals surface area contributed by atoms with Crippen molar-refractivity contribution in [1.29, 1.82) is 0 Å². The predicted molar refractivity (Wildman–Crippen MR) is 229 cm³/mol. The van der Waals surface area contributed by atoms with Gasteiger partial charge in [0.05, 0.1) is 32.6 Å². The molecule has 12 nitrogen and oxygen atoms in total. The summed E-state index contributed by atoms with van der Waals surface area (Å²) < 4.78 is 16.9. The number of rotatable bonds is 5. The van der Waals surface area contributed by atoms with Gasteiger partial charge in [0.15, 0.2) is 0 Å². The molecule has 0 spiro atoms. The molecule has 1 aliphatic carbocycles. The standard InChI is InChI=1S/C23H24ClN3O.C23H29FN4O4/c1-23(2)16-8-7-15(14-9-11-26(3)12-10-14)13-19(16)27-18-6-4-5-17(24)20(18)21(28)25-22(23)27;24-18-14-16(6-7-17(18)21(30)25-19-8-9-20(29)26-22(19)31)27-10-12-28(13-11-27)23(32)15-4-2-1-3-5-15/h4-8,13-14H,9-12H2,1-3H3;6-7,14-15,19H,1-5,8-13H2,(H,25,30)(H,26,29,31). The Morgan fingerprint density at radius 1 is 0.883 bits per heavy atom. The van der Waals surface area contributed by atoms with Crippen LogP contribution in [-0.2, 0) is 19.8 Å². The van der Waals surface area contributed by atoms with Gasteiger partial charge in [-0.3, -0.25) is 33.9 Å². The Labute approximate surface area is 354 Å². The Kier molecular flexibility index (Phi) is 11.8. The maximum absolute atomic E-state index is 14.7. The number of carbonyl (C=O) groups excluding carboxylic acids is 4. The number of aromatic nitrogens is 2. The van der Waals surface area contributed by atoms with Gasteiger partial charge < -0.3 is 20.0 Å². The van der Waals surface area contributed by atoms with E-state index < -0.39 is 23.7 Å². The molecular formula is C46H53ClFN7O5. The van der Waals surface area contributed by atoms with E-state index in [2.05, 4.69) is 64.2 Å². The second-order valence-corrected chi connectivity index (χ2v) is 17.9. The maximum Gasteiger partial charge on any atom is 0.282 e. The number of benzene rings is 3. The summed E-state index contributed by atoms with van der Waals surface area (Å²) >= 11 is 6.37. The van der Waals surface area contributed by atoms with Crippen LogP contribution in [0.25, 0.3) is 16.6 Å². The summed E-state index contributed by atoms with van der Waals surface area (Å²) in [4.78, 5) is 71.7. The lowest BCUT2D eigenvalue weighted by Crippen LogP contribution is -2.52. The molecule has 4 fully saturated rings. The molecule has 5 aliphatic rings. The molecule has 14 heteroatoms. The summed E-state index contributed by atoms with van der Waals surface area (Å²) in [7, 11) is 2.19. The monoisotopic (exact) mass is 837 g/mol. The number of nitrogens with zero attached hydrogens (tertiary/aromatic N) is 5. The second-order valence-electron chi connectivity index (χ2n) is 17.5. The van der Waals surface area contributed by atoms with E-state index in [0.29, 0.717) is 48.2 Å². The summed E-state index contributed by atoms with van der Waals surface area (Å²) in [6.45, 7) is 8.99. The first-order chi connectivity index (χ1) is 28.8. The Hall–Kier alpha value is -5.14. The molecule has 9 rings (SSSR count). The quantitative estimate of drug-likeness (QED) is 0.231. The van der Waals surface area contributed by atoms with Gasteiger partial charge in [-0.15, -0.1) is 0 Å². The number of piperazine rings is 1. The van der Waals surface area contributed by atoms with E-state index in [1.165, 1.54) is 42.5 Å². The van der Waals surface area contributed by atoms with Gasteiger partial charge in [0.1, 0.15) is 17.7 Å². The zero-order valence-corrected chi connectivity index (χ0v) is 35.3. The molecule has 5 heterocycles. The summed E-state index contributed by atoms with van der Waals surface area (Å²) in [5.41, 5.74) is 4.51. The largest absolute Gasteiger partial charge is 0.368 e. The average Bonchev–Trinajstić information content (AvgIpc) is 3.47. The topological polar surface area (TPSA) is 137 Å². The first-order valence-electron chi connectivity index (χ1n) is 21.3. The third-order valence-corrected chi connectivity index (χ3v) is 13.5. The minimum absolute atomic E-state index is 0.132. The molecule has 3 aromatic carbocycles. The molecule has 1 aromatic heterocycles. The van der Waals surface area contributed by atoms with Crippen LogP contribution in [0, 0.1) is 11.7 Å². The summed E-state index contributed by atoms with van der Waals surface area (Å²) in [6.07, 6.45) is 8.11. The zero-order valence-electron chi connectivity index (χ0n) is 34.6. The summed E-state index contributed by atoms with van der Waals surface area (Å²) in [6, 6.07) is 16.0. The number of imide groups is 1. The molecule has 2 N–H and O–H groups in total. The van der Waals surface area contributed by atoms with Crippen LogP contribution in [0.5, 0.6) is 0 Å². The number of anilines is 1. The van der Waals surface area contributed by atoms with Gasteiger partial charge in [0.25, 0.3) is 11.5 Å². The van der Waals surface area contributed by atoms with Crippen LogP contribution < -0.4 is 21.1 Å². The van der Waals surface area contributed by atoms with Crippen LogP contribution in [0.15, 0.2) is 59.4 Å². The van der Waals surface area contributed by atoms with E-state index in [0.717, 1.165) is 55.8 Å². The van der Waals surface area contributed by atoms with Crippen LogP contribution in [0.1, 0.15) is 105 Å². The summed E-state index contributed by atoms with van der Waals surface area (Å²) in [5.74, 6) is -0.548. The van der Waals surface area contributed by atoms with Crippen LogP contribution in [0.4, 0.5) is 10.1 Å². The van der Waals surface area contributed by atoms with Crippen LogP contribution >= 0.6 is 11.6 Å². The SMILES string of the molecule is CN1CCC(c2ccc3c(c2)-n2c(nc(=O)c4c(Cl)cccc42)C3(C)C)CC1.O=C1CCC(NC(=O)c2ccc(N3CCN(C(=O)C4CCCCC4)CC3)cc2F)C(=O)N1. The van der Waals surface area contributed by atoms with Crippen molar-refractivity contribution in [2.24, 2.45) is 5.92 Å². The predicted octanol–water partition coefficient (Wildman–Crippen LogP) is 6.08. The van der Waals surface area contributed by atoms with Crippen molar-refractivity contribution in [2.75, 3.05) is 51.2 Å². The lowest BCUT2D eigenvalue weighted by atomic mass is 9.83. The highest BCUT2D eigenvalue weighted by molar-refractivity contribution is 6.35. The molecule has 316 valence electrons. The minimum Gasteiger partial charge on any atom is -0.368 e. The van der Waals surface area contributed by atoms with Gasteiger partial charge in [-0.2, -0.15) is 4.98 Å². The van der Waals surface area contributed by atoms with Crippen molar-refractivity contribution in [2.45, 2.75) is 89.0 Å². The third-order valence-electron chi connectivity index (χ3n) is 13.2. The van der Waals surface area contributed by atoms with Crippen LogP contribution in [-0.4, -0.2) is 95.3 Å². The van der Waals surface area contributed by atoms with E-state index in [4.69, 9.17) is 11.6 Å². The number of carbonyl (C=O) groups is 4. The molecule has 60 heavy (non-hydrogen) atoms. The molecule has 0 bridgehead atoms.